The fraction of sp³-hybridized carbons (Fsp3) is 0.360. The number of hydrogen-bond donors (Lipinski definition) is 1. The first-order chi connectivity index (χ1) is 15.0. The minimum absolute atomic E-state index is 0.0800. The number of aryl methyl sites for hydroxylation is 1. The van der Waals surface area contributed by atoms with Gasteiger partial charge in [0.2, 0.25) is 0 Å². The van der Waals surface area contributed by atoms with E-state index in [-0.39, 0.29) is 18.1 Å². The predicted molar refractivity (Wildman–Crippen MR) is 121 cm³/mol. The Morgan fingerprint density at radius 3 is 2.29 bits per heavy atom. The van der Waals surface area contributed by atoms with Gasteiger partial charge in [-0.25, -0.2) is 4.68 Å². The number of rotatable bonds is 6. The molecule has 0 bridgehead atoms. The molecule has 1 amide bonds. The average Bonchev–Trinajstić information content (AvgIpc) is 3.19. The number of ether oxygens (including phenoxy) is 1. The molecule has 1 aliphatic heterocycles. The van der Waals surface area contributed by atoms with Crippen LogP contribution in [0.4, 0.5) is 0 Å². The van der Waals surface area contributed by atoms with Crippen molar-refractivity contribution in [3.05, 3.63) is 83.2 Å². The molecule has 6 nitrogen and oxygen atoms in total. The third-order valence-electron chi connectivity index (χ3n) is 5.48. The molecular formula is C25H30N4O2. The lowest BCUT2D eigenvalue weighted by molar-refractivity contribution is -0.0704. The second-order valence-corrected chi connectivity index (χ2v) is 8.46. The van der Waals surface area contributed by atoms with Crippen LogP contribution < -0.4 is 5.32 Å². The molecule has 0 aliphatic carbocycles. The van der Waals surface area contributed by atoms with E-state index >= 15 is 0 Å². The third kappa shape index (κ3) is 5.60. The van der Waals surface area contributed by atoms with E-state index in [0.717, 1.165) is 36.4 Å². The summed E-state index contributed by atoms with van der Waals surface area (Å²) in [6.07, 6.45) is 4.32. The summed E-state index contributed by atoms with van der Waals surface area (Å²) in [7, 11) is 0. The quantitative estimate of drug-likeness (QED) is 0.663. The van der Waals surface area contributed by atoms with Gasteiger partial charge >= 0.3 is 0 Å². The molecule has 0 radical (unpaired) electrons. The van der Waals surface area contributed by atoms with Crippen molar-refractivity contribution in [3.63, 3.8) is 0 Å². The van der Waals surface area contributed by atoms with E-state index in [1.165, 1.54) is 5.56 Å². The van der Waals surface area contributed by atoms with Crippen molar-refractivity contribution in [3.8, 4) is 5.69 Å². The Kier molecular flexibility index (Phi) is 6.49. The van der Waals surface area contributed by atoms with Crippen LogP contribution in [0.2, 0.25) is 0 Å². The molecule has 0 spiro atoms. The first-order valence-electron chi connectivity index (χ1n) is 10.8. The van der Waals surface area contributed by atoms with E-state index in [1.807, 2.05) is 43.6 Å². The van der Waals surface area contributed by atoms with Crippen LogP contribution >= 0.6 is 0 Å². The fourth-order valence-electron chi connectivity index (χ4n) is 4.04. The summed E-state index contributed by atoms with van der Waals surface area (Å²) in [5.41, 5.74) is 5.04. The molecule has 1 aromatic heterocycles. The van der Waals surface area contributed by atoms with Crippen molar-refractivity contribution < 1.29 is 9.53 Å². The predicted octanol–water partition coefficient (Wildman–Crippen LogP) is 3.72. The van der Waals surface area contributed by atoms with Crippen molar-refractivity contribution >= 4 is 5.91 Å². The Bertz CT molecular complexity index is 1000. The number of morpholine rings is 1. The Labute approximate surface area is 183 Å². The maximum atomic E-state index is 12.5. The molecule has 1 aliphatic rings. The van der Waals surface area contributed by atoms with E-state index in [1.54, 1.807) is 4.68 Å². The van der Waals surface area contributed by atoms with Crippen LogP contribution in [-0.4, -0.2) is 45.9 Å². The molecule has 4 rings (SSSR count). The van der Waals surface area contributed by atoms with Crippen molar-refractivity contribution in [1.82, 2.24) is 20.0 Å². The highest BCUT2D eigenvalue weighted by Gasteiger charge is 2.21. The largest absolute Gasteiger partial charge is 0.373 e. The lowest BCUT2D eigenvalue weighted by Crippen LogP contribution is -2.44. The van der Waals surface area contributed by atoms with Gasteiger partial charge in [-0.05, 0) is 61.7 Å². The van der Waals surface area contributed by atoms with Crippen molar-refractivity contribution in [2.45, 2.75) is 46.1 Å². The summed E-state index contributed by atoms with van der Waals surface area (Å²) in [6.45, 7) is 9.60. The van der Waals surface area contributed by atoms with Crippen LogP contribution in [0.25, 0.3) is 5.69 Å². The number of amides is 1. The molecule has 3 aromatic rings. The summed E-state index contributed by atoms with van der Waals surface area (Å²) in [4.78, 5) is 14.9. The van der Waals surface area contributed by atoms with Gasteiger partial charge in [-0.2, -0.15) is 5.10 Å². The summed E-state index contributed by atoms with van der Waals surface area (Å²) < 4.78 is 7.61. The lowest BCUT2D eigenvalue weighted by atomic mass is 10.1. The minimum atomic E-state index is -0.0800. The number of carbonyl (C=O) groups is 1. The monoisotopic (exact) mass is 418 g/mol. The zero-order valence-electron chi connectivity index (χ0n) is 18.4. The highest BCUT2D eigenvalue weighted by atomic mass is 16.5. The zero-order chi connectivity index (χ0) is 21.8. The lowest BCUT2D eigenvalue weighted by Gasteiger charge is -2.35. The summed E-state index contributed by atoms with van der Waals surface area (Å²) in [5, 5.41) is 7.30. The second-order valence-electron chi connectivity index (χ2n) is 8.46. The first-order valence-corrected chi connectivity index (χ1v) is 10.8. The summed E-state index contributed by atoms with van der Waals surface area (Å²) in [5.74, 6) is -0.0800. The minimum Gasteiger partial charge on any atom is -0.373 e. The normalized spacial score (nSPS) is 19.3. The van der Waals surface area contributed by atoms with Crippen LogP contribution in [0.3, 0.4) is 0 Å². The van der Waals surface area contributed by atoms with E-state index in [0.29, 0.717) is 12.1 Å². The van der Waals surface area contributed by atoms with Gasteiger partial charge in [-0.1, -0.05) is 24.3 Å². The number of benzene rings is 2. The smallest absolute Gasteiger partial charge is 0.251 e. The van der Waals surface area contributed by atoms with E-state index < -0.39 is 0 Å². The maximum absolute atomic E-state index is 12.5. The summed E-state index contributed by atoms with van der Waals surface area (Å²) in [6, 6.07) is 15.9. The molecule has 2 aromatic carbocycles. The molecule has 2 unspecified atom stereocenters. The highest BCUT2D eigenvalue weighted by Crippen LogP contribution is 2.15. The fourth-order valence-corrected chi connectivity index (χ4v) is 4.04. The topological polar surface area (TPSA) is 59.4 Å². The molecule has 1 fully saturated rings. The van der Waals surface area contributed by atoms with E-state index in [4.69, 9.17) is 4.74 Å². The van der Waals surface area contributed by atoms with E-state index in [2.05, 4.69) is 53.4 Å². The van der Waals surface area contributed by atoms with Gasteiger partial charge in [0.15, 0.2) is 0 Å². The van der Waals surface area contributed by atoms with Gasteiger partial charge in [0, 0.05) is 37.9 Å². The summed E-state index contributed by atoms with van der Waals surface area (Å²) >= 11 is 0. The number of nitrogens with one attached hydrogen (secondary N) is 1. The van der Waals surface area contributed by atoms with Crippen LogP contribution in [0.15, 0.2) is 60.9 Å². The molecule has 2 heterocycles. The van der Waals surface area contributed by atoms with Crippen molar-refractivity contribution in [2.24, 2.45) is 0 Å². The number of carbonyl (C=O) groups excluding carboxylic acids is 1. The average molecular weight is 419 g/mol. The van der Waals surface area contributed by atoms with Gasteiger partial charge in [0.05, 0.1) is 24.1 Å². The van der Waals surface area contributed by atoms with Gasteiger partial charge in [-0.15, -0.1) is 0 Å². The number of hydrogen-bond acceptors (Lipinski definition) is 4. The van der Waals surface area contributed by atoms with Gasteiger partial charge < -0.3 is 10.1 Å². The van der Waals surface area contributed by atoms with Gasteiger partial charge in [0.1, 0.15) is 0 Å². The van der Waals surface area contributed by atoms with Crippen LogP contribution in [0.5, 0.6) is 0 Å². The SMILES string of the molecule is Cc1cnn(-c2ccc(C(=O)NCc3ccc(CN4CC(C)OC(C)C4)cc3)cc2)c1. The van der Waals surface area contributed by atoms with Crippen molar-refractivity contribution in [1.29, 1.82) is 0 Å². The molecule has 2 atom stereocenters. The first kappa shape index (κ1) is 21.3. The van der Waals surface area contributed by atoms with Crippen LogP contribution in [0, 0.1) is 6.92 Å². The molecule has 1 N–H and O–H groups in total. The Balaban J connectivity index is 1.29. The molecule has 0 saturated carbocycles. The maximum Gasteiger partial charge on any atom is 0.251 e. The Morgan fingerprint density at radius 2 is 1.68 bits per heavy atom. The second kappa shape index (κ2) is 9.45. The van der Waals surface area contributed by atoms with Crippen LogP contribution in [0.1, 0.15) is 40.9 Å². The van der Waals surface area contributed by atoms with E-state index in [9.17, 15) is 4.79 Å². The van der Waals surface area contributed by atoms with Crippen molar-refractivity contribution in [2.75, 3.05) is 13.1 Å². The molecule has 162 valence electrons. The molecule has 6 heteroatoms. The third-order valence-corrected chi connectivity index (χ3v) is 5.48. The Hall–Kier alpha value is -2.96. The molecular weight excluding hydrogens is 388 g/mol. The standard InChI is InChI=1S/C25H30N4O2/c1-18-12-27-29(14-18)24-10-8-23(9-11-24)25(30)26-13-21-4-6-22(7-5-21)17-28-15-19(2)31-20(3)16-28/h4-12,14,19-20H,13,15-17H2,1-3H3,(H,26,30). The van der Waals surface area contributed by atoms with Gasteiger partial charge in [-0.3, -0.25) is 9.69 Å². The number of aromatic nitrogens is 2. The van der Waals surface area contributed by atoms with Gasteiger partial charge in [0.25, 0.3) is 5.91 Å². The Morgan fingerprint density at radius 1 is 1.03 bits per heavy atom. The molecule has 31 heavy (non-hydrogen) atoms. The number of nitrogens with zero attached hydrogens (tertiary/aromatic N) is 3. The highest BCUT2D eigenvalue weighted by molar-refractivity contribution is 5.94. The van der Waals surface area contributed by atoms with Crippen LogP contribution in [-0.2, 0) is 17.8 Å². The zero-order valence-corrected chi connectivity index (χ0v) is 18.4. The molecule has 1 saturated heterocycles.